The number of rotatable bonds is 2. The lowest BCUT2D eigenvalue weighted by Gasteiger charge is -2.07. The van der Waals surface area contributed by atoms with Crippen LogP contribution >= 0.6 is 0 Å². The molecule has 0 aliphatic heterocycles. The normalized spacial score (nSPS) is 9.77. The molecule has 0 fully saturated rings. The average Bonchev–Trinajstić information content (AvgIpc) is 2.02. The molecule has 3 nitrogen and oxygen atoms in total. The highest BCUT2D eigenvalue weighted by Crippen LogP contribution is 2.23. The van der Waals surface area contributed by atoms with Gasteiger partial charge in [0.05, 0.1) is 12.7 Å². The van der Waals surface area contributed by atoms with Gasteiger partial charge in [0.2, 0.25) is 0 Å². The number of halogens is 2. The van der Waals surface area contributed by atoms with Crippen LogP contribution < -0.4 is 10.5 Å². The van der Waals surface area contributed by atoms with E-state index in [2.05, 4.69) is 4.74 Å². The summed E-state index contributed by atoms with van der Waals surface area (Å²) in [5.41, 5.74) is 5.01. The Morgan fingerprint density at radius 1 is 1.46 bits per heavy atom. The predicted molar refractivity (Wildman–Crippen MR) is 43.9 cm³/mol. The van der Waals surface area contributed by atoms with Gasteiger partial charge in [0, 0.05) is 6.07 Å². The van der Waals surface area contributed by atoms with Crippen LogP contribution in [0.25, 0.3) is 0 Å². The molecule has 0 spiro atoms. The zero-order valence-corrected chi connectivity index (χ0v) is 6.90. The smallest absolute Gasteiger partial charge is 0.168 e. The van der Waals surface area contributed by atoms with E-state index in [4.69, 9.17) is 11.1 Å². The molecule has 1 aromatic rings. The summed E-state index contributed by atoms with van der Waals surface area (Å²) in [6.45, 7) is 0. The van der Waals surface area contributed by atoms with E-state index in [0.717, 1.165) is 6.07 Å². The Hall–Kier alpha value is -1.65. The Morgan fingerprint density at radius 2 is 2.08 bits per heavy atom. The Kier molecular flexibility index (Phi) is 2.46. The molecular weight excluding hydrogens is 178 g/mol. The van der Waals surface area contributed by atoms with Crippen LogP contribution in [0, 0.1) is 17.0 Å². The second kappa shape index (κ2) is 3.38. The third-order valence-corrected chi connectivity index (χ3v) is 1.50. The van der Waals surface area contributed by atoms with Gasteiger partial charge in [-0.2, -0.15) is 0 Å². The van der Waals surface area contributed by atoms with Crippen LogP contribution in [-0.2, 0) is 0 Å². The summed E-state index contributed by atoms with van der Waals surface area (Å²) in [4.78, 5) is 0. The number of nitrogens with one attached hydrogen (secondary N) is 1. The number of ether oxygens (including phenoxy) is 1. The lowest BCUT2D eigenvalue weighted by Crippen LogP contribution is -2.13. The fourth-order valence-electron chi connectivity index (χ4n) is 0.968. The second-order valence-corrected chi connectivity index (χ2v) is 2.38. The van der Waals surface area contributed by atoms with Gasteiger partial charge >= 0.3 is 0 Å². The molecule has 0 saturated heterocycles. The summed E-state index contributed by atoms with van der Waals surface area (Å²) in [6.07, 6.45) is 0. The maximum absolute atomic E-state index is 13.0. The summed E-state index contributed by atoms with van der Waals surface area (Å²) in [7, 11) is 1.22. The van der Waals surface area contributed by atoms with Crippen LogP contribution in [0.5, 0.6) is 5.75 Å². The van der Waals surface area contributed by atoms with E-state index in [9.17, 15) is 8.78 Å². The average molecular weight is 186 g/mol. The number of methoxy groups -OCH3 is 1. The Bertz CT molecular complexity index is 352. The minimum atomic E-state index is -0.868. The molecule has 0 aromatic heterocycles. The lowest BCUT2D eigenvalue weighted by molar-refractivity contribution is 0.383. The highest BCUT2D eigenvalue weighted by atomic mass is 19.1. The fraction of sp³-hybridized carbons (Fsp3) is 0.125. The molecule has 0 heterocycles. The molecule has 0 amide bonds. The Morgan fingerprint density at radius 3 is 2.54 bits per heavy atom. The topological polar surface area (TPSA) is 59.1 Å². The van der Waals surface area contributed by atoms with Crippen LogP contribution in [0.4, 0.5) is 8.78 Å². The fourth-order valence-corrected chi connectivity index (χ4v) is 0.968. The maximum Gasteiger partial charge on any atom is 0.168 e. The number of nitrogen functional groups attached to an aromatic ring is 1. The van der Waals surface area contributed by atoms with Gasteiger partial charge in [0.15, 0.2) is 11.6 Å². The van der Waals surface area contributed by atoms with Crippen molar-refractivity contribution in [2.75, 3.05) is 7.11 Å². The van der Waals surface area contributed by atoms with Gasteiger partial charge in [0.1, 0.15) is 11.7 Å². The second-order valence-electron chi connectivity index (χ2n) is 2.38. The van der Waals surface area contributed by atoms with Crippen LogP contribution in [0.3, 0.4) is 0 Å². The van der Waals surface area contributed by atoms with Gasteiger partial charge in [-0.3, -0.25) is 5.41 Å². The molecule has 0 unspecified atom stereocenters. The summed E-state index contributed by atoms with van der Waals surface area (Å²) in [6, 6.07) is 1.62. The highest BCUT2D eigenvalue weighted by molar-refractivity contribution is 5.97. The summed E-state index contributed by atoms with van der Waals surface area (Å²) < 4.78 is 30.2. The van der Waals surface area contributed by atoms with E-state index in [1.807, 2.05) is 0 Å². The first-order valence-corrected chi connectivity index (χ1v) is 3.43. The zero-order valence-electron chi connectivity index (χ0n) is 6.90. The number of amidine groups is 1. The van der Waals surface area contributed by atoms with Crippen molar-refractivity contribution in [3.63, 3.8) is 0 Å². The first kappa shape index (κ1) is 9.44. The Balaban J connectivity index is 3.38. The number of nitrogens with two attached hydrogens (primary N) is 1. The van der Waals surface area contributed by atoms with Gasteiger partial charge in [0.25, 0.3) is 0 Å². The molecule has 0 aliphatic carbocycles. The molecule has 0 bridgehead atoms. The van der Waals surface area contributed by atoms with E-state index in [0.29, 0.717) is 6.07 Å². The van der Waals surface area contributed by atoms with Crippen molar-refractivity contribution >= 4 is 5.84 Å². The molecule has 5 heteroatoms. The van der Waals surface area contributed by atoms with Crippen LogP contribution in [0.15, 0.2) is 12.1 Å². The molecule has 70 valence electrons. The summed E-state index contributed by atoms with van der Waals surface area (Å²) in [5, 5.41) is 7.04. The van der Waals surface area contributed by atoms with Crippen molar-refractivity contribution in [2.45, 2.75) is 0 Å². The number of benzene rings is 1. The van der Waals surface area contributed by atoms with Gasteiger partial charge in [-0.05, 0) is 6.07 Å². The molecule has 0 aliphatic rings. The maximum atomic E-state index is 13.0. The molecule has 0 radical (unpaired) electrons. The predicted octanol–water partition coefficient (Wildman–Crippen LogP) is 1.26. The minimum absolute atomic E-state index is 0.0833. The minimum Gasteiger partial charge on any atom is -0.493 e. The molecule has 13 heavy (non-hydrogen) atoms. The van der Waals surface area contributed by atoms with E-state index >= 15 is 0 Å². The largest absolute Gasteiger partial charge is 0.493 e. The SMILES string of the molecule is COc1c(F)cc(F)cc1C(=N)N. The molecule has 3 N–H and O–H groups in total. The quantitative estimate of drug-likeness (QED) is 0.539. The molecule has 0 saturated carbocycles. The lowest BCUT2D eigenvalue weighted by atomic mass is 10.1. The third kappa shape index (κ3) is 1.74. The monoisotopic (exact) mass is 186 g/mol. The van der Waals surface area contributed by atoms with Gasteiger partial charge in [-0.25, -0.2) is 8.78 Å². The number of hydrogen-bond acceptors (Lipinski definition) is 2. The van der Waals surface area contributed by atoms with Crippen molar-refractivity contribution in [2.24, 2.45) is 5.73 Å². The molecule has 1 rings (SSSR count). The molecular formula is C8H8F2N2O. The van der Waals surface area contributed by atoms with Crippen LogP contribution in [0.1, 0.15) is 5.56 Å². The zero-order chi connectivity index (χ0) is 10.0. The van der Waals surface area contributed by atoms with Gasteiger partial charge < -0.3 is 10.5 Å². The van der Waals surface area contributed by atoms with E-state index in [1.165, 1.54) is 7.11 Å². The molecule has 1 aromatic carbocycles. The van der Waals surface area contributed by atoms with Crippen LogP contribution in [0.2, 0.25) is 0 Å². The standard InChI is InChI=1S/C8H8F2N2O/c1-13-7-5(8(11)12)2-4(9)3-6(7)10/h2-3H,1H3,(H3,11,12). The Labute approximate surface area is 73.6 Å². The third-order valence-electron chi connectivity index (χ3n) is 1.50. The van der Waals surface area contributed by atoms with Gasteiger partial charge in [-0.1, -0.05) is 0 Å². The van der Waals surface area contributed by atoms with Crippen molar-refractivity contribution in [1.82, 2.24) is 0 Å². The van der Waals surface area contributed by atoms with E-state index < -0.39 is 17.5 Å². The van der Waals surface area contributed by atoms with E-state index in [-0.39, 0.29) is 11.3 Å². The summed E-state index contributed by atoms with van der Waals surface area (Å²) in [5.74, 6) is -2.31. The van der Waals surface area contributed by atoms with E-state index in [1.54, 1.807) is 0 Å². The highest BCUT2D eigenvalue weighted by Gasteiger charge is 2.13. The van der Waals surface area contributed by atoms with Crippen molar-refractivity contribution in [3.8, 4) is 5.75 Å². The van der Waals surface area contributed by atoms with Crippen LogP contribution in [-0.4, -0.2) is 12.9 Å². The molecule has 0 atom stereocenters. The van der Waals surface area contributed by atoms with Crippen molar-refractivity contribution in [3.05, 3.63) is 29.3 Å². The first-order chi connectivity index (χ1) is 6.06. The first-order valence-electron chi connectivity index (χ1n) is 3.43. The van der Waals surface area contributed by atoms with Gasteiger partial charge in [-0.15, -0.1) is 0 Å². The van der Waals surface area contributed by atoms with Crippen molar-refractivity contribution < 1.29 is 13.5 Å². The number of hydrogen-bond donors (Lipinski definition) is 2. The van der Waals surface area contributed by atoms with Crippen molar-refractivity contribution in [1.29, 1.82) is 5.41 Å². The summed E-state index contributed by atoms with van der Waals surface area (Å²) >= 11 is 0.